The van der Waals surface area contributed by atoms with Crippen LogP contribution in [-0.2, 0) is 12.0 Å². The predicted octanol–water partition coefficient (Wildman–Crippen LogP) is 3.72. The summed E-state index contributed by atoms with van der Waals surface area (Å²) in [6.07, 6.45) is 2.35. The number of pyridine rings is 1. The van der Waals surface area contributed by atoms with Gasteiger partial charge >= 0.3 is 0 Å². The number of aliphatic hydroxyl groups excluding tert-OH is 1. The molecule has 0 fully saturated rings. The van der Waals surface area contributed by atoms with Crippen LogP contribution in [0.5, 0.6) is 0 Å². The summed E-state index contributed by atoms with van der Waals surface area (Å²) in [5, 5.41) is 12.8. The van der Waals surface area contributed by atoms with Gasteiger partial charge in [-0.1, -0.05) is 47.5 Å². The lowest BCUT2D eigenvalue weighted by atomic mass is 9.91. The summed E-state index contributed by atoms with van der Waals surface area (Å²) in [5.74, 6) is 1.56. The van der Waals surface area contributed by atoms with Gasteiger partial charge in [0.1, 0.15) is 5.82 Å². The minimum atomic E-state index is -0.00345. The molecule has 1 heterocycles. The lowest BCUT2D eigenvalue weighted by Gasteiger charge is -2.21. The molecular formula is C16H28N2O. The van der Waals surface area contributed by atoms with Crippen LogP contribution in [0.2, 0.25) is 0 Å². The standard InChI is InChI=1S/C16H28N2O/c1-6-12(7-2)10-17-15-9-13(11-19)8-14(18-15)16(3,4)5/h8-9,12,19H,6-7,10-11H2,1-5H3,(H,17,18). The fourth-order valence-electron chi connectivity index (χ4n) is 1.98. The van der Waals surface area contributed by atoms with Crippen LogP contribution in [-0.4, -0.2) is 16.6 Å². The summed E-state index contributed by atoms with van der Waals surface area (Å²) in [5.41, 5.74) is 1.94. The molecule has 0 spiro atoms. The van der Waals surface area contributed by atoms with Crippen molar-refractivity contribution in [3.05, 3.63) is 23.4 Å². The Kier molecular flexibility index (Phi) is 5.80. The number of nitrogens with one attached hydrogen (secondary N) is 1. The van der Waals surface area contributed by atoms with E-state index in [0.717, 1.165) is 23.6 Å². The number of hydrogen-bond acceptors (Lipinski definition) is 3. The van der Waals surface area contributed by atoms with Crippen LogP contribution >= 0.6 is 0 Å². The minimum absolute atomic E-state index is 0.00345. The summed E-state index contributed by atoms with van der Waals surface area (Å²) in [4.78, 5) is 4.67. The molecule has 0 aromatic carbocycles. The van der Waals surface area contributed by atoms with Gasteiger partial charge in [-0.05, 0) is 23.6 Å². The van der Waals surface area contributed by atoms with Gasteiger partial charge in [0.25, 0.3) is 0 Å². The number of aromatic nitrogens is 1. The largest absolute Gasteiger partial charge is 0.392 e. The molecule has 1 aromatic rings. The molecule has 0 bridgehead atoms. The van der Waals surface area contributed by atoms with Crippen molar-refractivity contribution in [1.29, 1.82) is 0 Å². The van der Waals surface area contributed by atoms with Crippen molar-refractivity contribution in [1.82, 2.24) is 4.98 Å². The van der Waals surface area contributed by atoms with Crippen LogP contribution < -0.4 is 5.32 Å². The van der Waals surface area contributed by atoms with Gasteiger partial charge < -0.3 is 10.4 Å². The van der Waals surface area contributed by atoms with E-state index >= 15 is 0 Å². The van der Waals surface area contributed by atoms with Crippen LogP contribution in [0, 0.1) is 5.92 Å². The van der Waals surface area contributed by atoms with Crippen LogP contribution in [0.15, 0.2) is 12.1 Å². The summed E-state index contributed by atoms with van der Waals surface area (Å²) in [6, 6.07) is 3.93. The quantitative estimate of drug-likeness (QED) is 0.823. The van der Waals surface area contributed by atoms with Gasteiger partial charge in [0.15, 0.2) is 0 Å². The third-order valence-corrected chi connectivity index (χ3v) is 3.56. The van der Waals surface area contributed by atoms with Crippen molar-refractivity contribution >= 4 is 5.82 Å². The first-order valence-electron chi connectivity index (χ1n) is 7.26. The van der Waals surface area contributed by atoms with Crippen LogP contribution in [0.4, 0.5) is 5.82 Å². The van der Waals surface area contributed by atoms with Crippen molar-refractivity contribution in [2.75, 3.05) is 11.9 Å². The maximum Gasteiger partial charge on any atom is 0.126 e. The Balaban J connectivity index is 2.88. The number of rotatable bonds is 6. The molecule has 0 saturated carbocycles. The molecule has 0 aliphatic rings. The summed E-state index contributed by atoms with van der Waals surface area (Å²) >= 11 is 0. The fraction of sp³-hybridized carbons (Fsp3) is 0.688. The topological polar surface area (TPSA) is 45.1 Å². The van der Waals surface area contributed by atoms with Gasteiger partial charge in [0.05, 0.1) is 6.61 Å². The van der Waals surface area contributed by atoms with E-state index in [9.17, 15) is 5.11 Å². The maximum atomic E-state index is 9.37. The maximum absolute atomic E-state index is 9.37. The molecule has 1 aromatic heterocycles. The zero-order chi connectivity index (χ0) is 14.5. The number of aliphatic hydroxyl groups is 1. The Labute approximate surface area is 117 Å². The highest BCUT2D eigenvalue weighted by atomic mass is 16.3. The van der Waals surface area contributed by atoms with Crippen molar-refractivity contribution in [2.45, 2.75) is 59.5 Å². The van der Waals surface area contributed by atoms with Crippen LogP contribution in [0.1, 0.15) is 58.7 Å². The van der Waals surface area contributed by atoms with E-state index in [4.69, 9.17) is 0 Å². The van der Waals surface area contributed by atoms with Crippen LogP contribution in [0.25, 0.3) is 0 Å². The molecule has 1 rings (SSSR count). The molecule has 0 radical (unpaired) electrons. The van der Waals surface area contributed by atoms with E-state index in [0.29, 0.717) is 5.92 Å². The third-order valence-electron chi connectivity index (χ3n) is 3.56. The second kappa shape index (κ2) is 6.90. The van der Waals surface area contributed by atoms with E-state index in [1.54, 1.807) is 0 Å². The van der Waals surface area contributed by atoms with E-state index < -0.39 is 0 Å². The molecule has 0 unspecified atom stereocenters. The van der Waals surface area contributed by atoms with E-state index in [2.05, 4.69) is 44.9 Å². The molecule has 19 heavy (non-hydrogen) atoms. The minimum Gasteiger partial charge on any atom is -0.392 e. The van der Waals surface area contributed by atoms with E-state index in [1.165, 1.54) is 12.8 Å². The van der Waals surface area contributed by atoms with E-state index in [-0.39, 0.29) is 12.0 Å². The van der Waals surface area contributed by atoms with Crippen molar-refractivity contribution in [3.63, 3.8) is 0 Å². The number of nitrogens with zero attached hydrogens (tertiary/aromatic N) is 1. The number of anilines is 1. The normalized spacial score (nSPS) is 11.9. The Hall–Kier alpha value is -1.09. The lowest BCUT2D eigenvalue weighted by molar-refractivity contribution is 0.281. The summed E-state index contributed by atoms with van der Waals surface area (Å²) < 4.78 is 0. The van der Waals surface area contributed by atoms with Gasteiger partial charge in [-0.3, -0.25) is 0 Å². The fourth-order valence-corrected chi connectivity index (χ4v) is 1.98. The van der Waals surface area contributed by atoms with Crippen molar-refractivity contribution in [2.24, 2.45) is 5.92 Å². The second-order valence-electron chi connectivity index (χ2n) is 6.22. The zero-order valence-electron chi connectivity index (χ0n) is 13.0. The second-order valence-corrected chi connectivity index (χ2v) is 6.22. The molecule has 3 heteroatoms. The number of hydrogen-bond donors (Lipinski definition) is 2. The average Bonchev–Trinajstić information content (AvgIpc) is 2.38. The third kappa shape index (κ3) is 4.83. The first-order chi connectivity index (χ1) is 8.90. The molecular weight excluding hydrogens is 236 g/mol. The molecule has 0 amide bonds. The van der Waals surface area contributed by atoms with Gasteiger partial charge in [-0.25, -0.2) is 4.98 Å². The molecule has 0 aliphatic heterocycles. The Bertz CT molecular complexity index is 392. The van der Waals surface area contributed by atoms with Gasteiger partial charge in [0.2, 0.25) is 0 Å². The SMILES string of the molecule is CCC(CC)CNc1cc(CO)cc(C(C)(C)C)n1. The molecule has 0 aliphatic carbocycles. The van der Waals surface area contributed by atoms with Crippen LogP contribution in [0.3, 0.4) is 0 Å². The average molecular weight is 264 g/mol. The molecule has 0 saturated heterocycles. The molecule has 0 atom stereocenters. The smallest absolute Gasteiger partial charge is 0.126 e. The predicted molar refractivity (Wildman–Crippen MR) is 81.4 cm³/mol. The summed E-state index contributed by atoms with van der Waals surface area (Å²) in [6.45, 7) is 11.9. The molecule has 3 nitrogen and oxygen atoms in total. The lowest BCUT2D eigenvalue weighted by Crippen LogP contribution is -2.18. The molecule has 108 valence electrons. The Morgan fingerprint density at radius 1 is 1.21 bits per heavy atom. The first kappa shape index (κ1) is 16.0. The molecule has 2 N–H and O–H groups in total. The highest BCUT2D eigenvalue weighted by Gasteiger charge is 2.17. The van der Waals surface area contributed by atoms with Crippen molar-refractivity contribution in [3.8, 4) is 0 Å². The zero-order valence-corrected chi connectivity index (χ0v) is 13.0. The van der Waals surface area contributed by atoms with Crippen molar-refractivity contribution < 1.29 is 5.11 Å². The Morgan fingerprint density at radius 2 is 1.84 bits per heavy atom. The first-order valence-corrected chi connectivity index (χ1v) is 7.26. The summed E-state index contributed by atoms with van der Waals surface area (Å²) in [7, 11) is 0. The van der Waals surface area contributed by atoms with Gasteiger partial charge in [-0.2, -0.15) is 0 Å². The highest BCUT2D eigenvalue weighted by Crippen LogP contribution is 2.23. The van der Waals surface area contributed by atoms with Gasteiger partial charge in [-0.15, -0.1) is 0 Å². The monoisotopic (exact) mass is 264 g/mol. The van der Waals surface area contributed by atoms with Gasteiger partial charge in [0, 0.05) is 17.7 Å². The Morgan fingerprint density at radius 3 is 2.32 bits per heavy atom. The highest BCUT2D eigenvalue weighted by molar-refractivity contribution is 5.41. The van der Waals surface area contributed by atoms with E-state index in [1.807, 2.05) is 12.1 Å².